The highest BCUT2D eigenvalue weighted by molar-refractivity contribution is 7.30. The third-order valence-electron chi connectivity index (χ3n) is 1.43. The highest BCUT2D eigenvalue weighted by Gasteiger charge is 2.12. The van der Waals surface area contributed by atoms with Crippen molar-refractivity contribution in [1.82, 2.24) is 0 Å². The van der Waals surface area contributed by atoms with Crippen LogP contribution in [0.2, 0.25) is 0 Å². The fourth-order valence-electron chi connectivity index (χ4n) is 0.867. The van der Waals surface area contributed by atoms with Crippen molar-refractivity contribution < 1.29 is 23.7 Å². The molecule has 0 heterocycles. The average Bonchev–Trinajstić information content (AvgIpc) is 2.16. The molecule has 0 saturated heterocycles. The lowest BCUT2D eigenvalue weighted by Crippen LogP contribution is -1.96. The van der Waals surface area contributed by atoms with Crippen LogP contribution >= 0.6 is 8.25 Å². The van der Waals surface area contributed by atoms with Gasteiger partial charge in [-0.3, -0.25) is 10.1 Å². The molecule has 0 fully saturated rings. The Hall–Kier alpha value is -1.63. The van der Waals surface area contributed by atoms with Gasteiger partial charge >= 0.3 is 8.25 Å². The van der Waals surface area contributed by atoms with Crippen LogP contribution in [-0.2, 0) is 4.57 Å². The normalized spacial score (nSPS) is 8.75. The first kappa shape index (κ1) is 14.4. The zero-order valence-electron chi connectivity index (χ0n) is 8.12. The van der Waals surface area contributed by atoms with E-state index in [1.54, 1.807) is 7.05 Å². The molecule has 0 unspecified atom stereocenters. The topological polar surface area (TPSA) is 113 Å². The van der Waals surface area contributed by atoms with Crippen LogP contribution in [0.15, 0.2) is 18.2 Å². The number of nitrogens with one attached hydrogen (secondary N) is 1. The van der Waals surface area contributed by atoms with Gasteiger partial charge in [-0.2, -0.15) is 0 Å². The van der Waals surface area contributed by atoms with Gasteiger partial charge in [0.25, 0.3) is 5.69 Å². The number of benzene rings is 1. The molecule has 1 aromatic rings. The fourth-order valence-corrected chi connectivity index (χ4v) is 0.867. The molecule has 7 nitrogen and oxygen atoms in total. The summed E-state index contributed by atoms with van der Waals surface area (Å²) in [6.45, 7) is 0. The van der Waals surface area contributed by atoms with Gasteiger partial charge in [0, 0.05) is 11.6 Å². The van der Waals surface area contributed by atoms with E-state index < -0.39 is 19.0 Å². The molecule has 0 bridgehead atoms. The Morgan fingerprint density at radius 1 is 1.50 bits per heavy atom. The number of nitro groups is 1. The summed E-state index contributed by atoms with van der Waals surface area (Å²) in [5.74, 6) is -0.610. The maximum absolute atomic E-state index is 12.5. The van der Waals surface area contributed by atoms with Crippen molar-refractivity contribution in [3.8, 4) is 0 Å². The number of anilines is 1. The van der Waals surface area contributed by atoms with Gasteiger partial charge in [-0.1, -0.05) is 0 Å². The average molecular weight is 251 g/mol. The molecule has 0 aliphatic carbocycles. The van der Waals surface area contributed by atoms with Crippen LogP contribution < -0.4 is 5.32 Å². The van der Waals surface area contributed by atoms with Gasteiger partial charge in [-0.05, 0) is 12.1 Å². The molecule has 0 atom stereocenters. The van der Waals surface area contributed by atoms with Crippen LogP contribution in [0.25, 0.3) is 0 Å². The summed E-state index contributed by atoms with van der Waals surface area (Å²) in [6, 6.07) is 3.37. The largest absolute Gasteiger partial charge is 0.692 e. The number of rotatable bonds is 2. The van der Waals surface area contributed by atoms with Crippen molar-refractivity contribution in [3.63, 3.8) is 0 Å². The number of nitro benzene ring substituents is 1. The smallest absolute Gasteiger partial charge is 0.383 e. The zero-order valence-corrected chi connectivity index (χ0v) is 9.02. The minimum Gasteiger partial charge on any atom is -0.383 e. The predicted octanol–water partition coefficient (Wildman–Crippen LogP) is 1.40. The zero-order chi connectivity index (χ0) is 12.7. The molecule has 0 aliphatic heterocycles. The van der Waals surface area contributed by atoms with E-state index >= 15 is 0 Å². The summed E-state index contributed by atoms with van der Waals surface area (Å²) in [4.78, 5) is 23.9. The molecule has 1 rings (SSSR count). The fraction of sp³-hybridized carbons (Fsp3) is 0.143. The maximum Gasteiger partial charge on any atom is 0.692 e. The number of nitrogens with zero attached hydrogens (tertiary/aromatic N) is 1. The molecule has 0 radical (unpaired) electrons. The van der Waals surface area contributed by atoms with E-state index in [1.807, 2.05) is 0 Å². The van der Waals surface area contributed by atoms with Crippen molar-refractivity contribution in [2.45, 2.75) is 0 Å². The van der Waals surface area contributed by atoms with Crippen molar-refractivity contribution in [3.05, 3.63) is 34.1 Å². The van der Waals surface area contributed by atoms with Crippen LogP contribution in [0.5, 0.6) is 0 Å². The van der Waals surface area contributed by atoms with Gasteiger partial charge in [0.1, 0.15) is 11.5 Å². The van der Waals surface area contributed by atoms with E-state index in [1.165, 1.54) is 12.1 Å². The molecule has 0 spiro atoms. The number of hydrogen-bond acceptors (Lipinski definition) is 4. The second-order valence-corrected chi connectivity index (χ2v) is 2.93. The standard InChI is InChI=1S/C7H7FN2O2.HO3P/c1-9-6-3-2-5(8)4-7(6)10(11)12;1-4(2)3/h2-4,9H,1H3;(H-,1,2,3)/p+1. The Kier molecular flexibility index (Phi) is 6.09. The van der Waals surface area contributed by atoms with Crippen LogP contribution in [0, 0.1) is 15.9 Å². The molecular formula is C7H9FN2O5P+. The maximum atomic E-state index is 12.5. The van der Waals surface area contributed by atoms with E-state index in [2.05, 4.69) is 5.32 Å². The highest BCUT2D eigenvalue weighted by Crippen LogP contribution is 2.23. The number of hydrogen-bond donors (Lipinski definition) is 3. The summed E-state index contributed by atoms with van der Waals surface area (Å²) >= 11 is 0. The van der Waals surface area contributed by atoms with Crippen LogP contribution in [-0.4, -0.2) is 21.8 Å². The van der Waals surface area contributed by atoms with Crippen LogP contribution in [0.3, 0.4) is 0 Å². The molecule has 1 aromatic carbocycles. The van der Waals surface area contributed by atoms with Crippen LogP contribution in [0.4, 0.5) is 15.8 Å². The van der Waals surface area contributed by atoms with Gasteiger partial charge in [0.05, 0.1) is 11.0 Å². The molecule has 0 aromatic heterocycles. The third-order valence-corrected chi connectivity index (χ3v) is 1.43. The van der Waals surface area contributed by atoms with Gasteiger partial charge < -0.3 is 5.32 Å². The molecule has 0 amide bonds. The lowest BCUT2D eigenvalue weighted by Gasteiger charge is -2.00. The molecule has 0 aliphatic rings. The summed E-state index contributed by atoms with van der Waals surface area (Å²) in [7, 11) is -1.33. The Morgan fingerprint density at radius 3 is 2.38 bits per heavy atom. The molecular weight excluding hydrogens is 242 g/mol. The van der Waals surface area contributed by atoms with Crippen molar-refractivity contribution in [2.24, 2.45) is 0 Å². The quantitative estimate of drug-likeness (QED) is 0.416. The molecule has 0 saturated carbocycles. The minimum absolute atomic E-state index is 0.252. The second kappa shape index (κ2) is 6.78. The van der Waals surface area contributed by atoms with Gasteiger partial charge in [0.15, 0.2) is 0 Å². The Bertz CT molecular complexity index is 396. The van der Waals surface area contributed by atoms with Crippen molar-refractivity contribution >= 4 is 19.6 Å². The van der Waals surface area contributed by atoms with Crippen molar-refractivity contribution in [1.29, 1.82) is 0 Å². The summed E-state index contributed by atoms with van der Waals surface area (Å²) in [5, 5.41) is 12.9. The Labute approximate surface area is 90.6 Å². The van der Waals surface area contributed by atoms with E-state index in [0.717, 1.165) is 6.07 Å². The van der Waals surface area contributed by atoms with Gasteiger partial charge in [-0.15, -0.1) is 9.79 Å². The van der Waals surface area contributed by atoms with Crippen molar-refractivity contribution in [2.75, 3.05) is 12.4 Å². The van der Waals surface area contributed by atoms with E-state index in [-0.39, 0.29) is 5.69 Å². The predicted molar refractivity (Wildman–Crippen MR) is 54.6 cm³/mol. The SMILES string of the molecule is CNc1ccc(F)cc1[N+](=O)[O-].O=[P+](O)O. The third kappa shape index (κ3) is 5.30. The first-order valence-corrected chi connectivity index (χ1v) is 5.01. The number of halogens is 1. The van der Waals surface area contributed by atoms with Gasteiger partial charge in [-0.25, -0.2) is 4.39 Å². The summed E-state index contributed by atoms with van der Waals surface area (Å²) in [6.07, 6.45) is 0. The van der Waals surface area contributed by atoms with Gasteiger partial charge in [0.2, 0.25) is 0 Å². The minimum atomic E-state index is -2.87. The van der Waals surface area contributed by atoms with E-state index in [0.29, 0.717) is 5.69 Å². The molecule has 88 valence electrons. The summed E-state index contributed by atoms with van der Waals surface area (Å²) < 4.78 is 21.2. The first-order chi connectivity index (χ1) is 7.38. The summed E-state index contributed by atoms with van der Waals surface area (Å²) in [5.41, 5.74) is 0.0545. The lowest BCUT2D eigenvalue weighted by molar-refractivity contribution is -0.384. The molecule has 9 heteroatoms. The van der Waals surface area contributed by atoms with E-state index in [4.69, 9.17) is 14.4 Å². The van der Waals surface area contributed by atoms with Crippen LogP contribution in [0.1, 0.15) is 0 Å². The Balaban J connectivity index is 0.000000487. The monoisotopic (exact) mass is 251 g/mol. The highest BCUT2D eigenvalue weighted by atomic mass is 31.1. The Morgan fingerprint density at radius 2 is 2.00 bits per heavy atom. The lowest BCUT2D eigenvalue weighted by atomic mass is 10.2. The molecule has 16 heavy (non-hydrogen) atoms. The molecule has 3 N–H and O–H groups in total. The second-order valence-electron chi connectivity index (χ2n) is 2.42. The van der Waals surface area contributed by atoms with E-state index in [9.17, 15) is 14.5 Å². The first-order valence-electron chi connectivity index (χ1n) is 3.85.